The molecule has 0 aromatic carbocycles. The van der Waals surface area contributed by atoms with Crippen LogP contribution in [0.1, 0.15) is 39.3 Å². The highest BCUT2D eigenvalue weighted by molar-refractivity contribution is 5.41. The number of nitrogens with zero attached hydrogens (tertiary/aromatic N) is 3. The molecular weight excluding hydrogens is 212 g/mol. The molecule has 0 aliphatic carbocycles. The molecule has 17 heavy (non-hydrogen) atoms. The highest BCUT2D eigenvalue weighted by atomic mass is 15.3. The summed E-state index contributed by atoms with van der Waals surface area (Å²) in [7, 11) is 0. The van der Waals surface area contributed by atoms with Crippen molar-refractivity contribution in [2.75, 3.05) is 18.0 Å². The first-order valence-corrected chi connectivity index (χ1v) is 6.43. The van der Waals surface area contributed by atoms with E-state index in [2.05, 4.69) is 41.0 Å². The Morgan fingerprint density at radius 2 is 2.18 bits per heavy atom. The largest absolute Gasteiger partial charge is 0.350 e. The van der Waals surface area contributed by atoms with Gasteiger partial charge in [-0.3, -0.25) is 4.98 Å². The first-order valence-electron chi connectivity index (χ1n) is 6.43. The van der Waals surface area contributed by atoms with Gasteiger partial charge in [0.2, 0.25) is 0 Å². The molecule has 1 N–H and O–H groups in total. The fraction of sp³-hybridized carbons (Fsp3) is 0.692. The van der Waals surface area contributed by atoms with Gasteiger partial charge in [0.15, 0.2) is 0 Å². The zero-order valence-electron chi connectivity index (χ0n) is 11.0. The van der Waals surface area contributed by atoms with Gasteiger partial charge in [-0.05, 0) is 33.2 Å². The SMILES string of the molecule is CCNCc1cnc(N2CCCC2(C)C)cn1. The summed E-state index contributed by atoms with van der Waals surface area (Å²) in [5, 5.41) is 3.25. The first-order chi connectivity index (χ1) is 8.13. The Morgan fingerprint density at radius 3 is 2.71 bits per heavy atom. The Balaban J connectivity index is 2.07. The van der Waals surface area contributed by atoms with E-state index in [1.165, 1.54) is 12.8 Å². The van der Waals surface area contributed by atoms with Crippen LogP contribution in [0.3, 0.4) is 0 Å². The molecule has 1 aliphatic heterocycles. The molecule has 0 amide bonds. The lowest BCUT2D eigenvalue weighted by molar-refractivity contribution is 0.513. The summed E-state index contributed by atoms with van der Waals surface area (Å²) < 4.78 is 0. The third-order valence-corrected chi connectivity index (χ3v) is 3.43. The Bertz CT molecular complexity index is 358. The molecule has 0 bridgehead atoms. The van der Waals surface area contributed by atoms with Crippen LogP contribution >= 0.6 is 0 Å². The van der Waals surface area contributed by atoms with Crippen molar-refractivity contribution >= 4 is 5.82 Å². The predicted molar refractivity (Wildman–Crippen MR) is 70.1 cm³/mol. The van der Waals surface area contributed by atoms with Crippen molar-refractivity contribution in [1.29, 1.82) is 0 Å². The van der Waals surface area contributed by atoms with Gasteiger partial charge in [0.1, 0.15) is 5.82 Å². The number of aromatic nitrogens is 2. The minimum Gasteiger partial charge on any atom is -0.350 e. The fourth-order valence-electron chi connectivity index (χ4n) is 2.36. The molecule has 0 radical (unpaired) electrons. The second-order valence-electron chi connectivity index (χ2n) is 5.21. The summed E-state index contributed by atoms with van der Waals surface area (Å²) in [5.74, 6) is 1.01. The van der Waals surface area contributed by atoms with Gasteiger partial charge >= 0.3 is 0 Å². The molecule has 2 heterocycles. The number of hydrogen-bond donors (Lipinski definition) is 1. The zero-order valence-corrected chi connectivity index (χ0v) is 11.0. The number of anilines is 1. The van der Waals surface area contributed by atoms with Gasteiger partial charge in [0, 0.05) is 18.6 Å². The van der Waals surface area contributed by atoms with Crippen LogP contribution in [0.2, 0.25) is 0 Å². The Kier molecular flexibility index (Phi) is 3.62. The van der Waals surface area contributed by atoms with E-state index in [0.29, 0.717) is 0 Å². The van der Waals surface area contributed by atoms with E-state index in [4.69, 9.17) is 0 Å². The second kappa shape index (κ2) is 5.00. The molecule has 0 unspecified atom stereocenters. The summed E-state index contributed by atoms with van der Waals surface area (Å²) in [6, 6.07) is 0. The highest BCUT2D eigenvalue weighted by Crippen LogP contribution is 2.31. The van der Waals surface area contributed by atoms with Crippen molar-refractivity contribution in [3.63, 3.8) is 0 Å². The van der Waals surface area contributed by atoms with Gasteiger partial charge in [-0.1, -0.05) is 6.92 Å². The minimum absolute atomic E-state index is 0.220. The lowest BCUT2D eigenvalue weighted by Gasteiger charge is -2.32. The molecule has 0 spiro atoms. The average molecular weight is 234 g/mol. The zero-order chi connectivity index (χ0) is 12.3. The second-order valence-corrected chi connectivity index (χ2v) is 5.21. The van der Waals surface area contributed by atoms with Crippen molar-refractivity contribution in [2.45, 2.75) is 45.7 Å². The molecule has 4 heteroatoms. The van der Waals surface area contributed by atoms with Crippen LogP contribution in [0.5, 0.6) is 0 Å². The van der Waals surface area contributed by atoms with Crippen molar-refractivity contribution in [2.24, 2.45) is 0 Å². The molecule has 4 nitrogen and oxygen atoms in total. The van der Waals surface area contributed by atoms with Crippen LogP contribution in [-0.2, 0) is 6.54 Å². The van der Waals surface area contributed by atoms with E-state index in [1.807, 2.05) is 12.4 Å². The van der Waals surface area contributed by atoms with Gasteiger partial charge in [-0.15, -0.1) is 0 Å². The van der Waals surface area contributed by atoms with E-state index in [9.17, 15) is 0 Å². The van der Waals surface area contributed by atoms with Gasteiger partial charge in [-0.2, -0.15) is 0 Å². The number of hydrogen-bond acceptors (Lipinski definition) is 4. The van der Waals surface area contributed by atoms with E-state index in [-0.39, 0.29) is 5.54 Å². The standard InChI is InChI=1S/C13H22N4/c1-4-14-8-11-9-16-12(10-15-11)17-7-5-6-13(17,2)3/h9-10,14H,4-8H2,1-3H3. The van der Waals surface area contributed by atoms with Crippen molar-refractivity contribution in [3.05, 3.63) is 18.1 Å². The predicted octanol–water partition coefficient (Wildman–Crippen LogP) is 1.96. The molecule has 0 saturated carbocycles. The van der Waals surface area contributed by atoms with Crippen LogP contribution in [0.25, 0.3) is 0 Å². The smallest absolute Gasteiger partial charge is 0.147 e. The molecule has 0 atom stereocenters. The molecule has 1 fully saturated rings. The summed E-state index contributed by atoms with van der Waals surface area (Å²) in [6.45, 7) is 9.49. The van der Waals surface area contributed by atoms with Crippen LogP contribution in [-0.4, -0.2) is 28.6 Å². The Morgan fingerprint density at radius 1 is 1.35 bits per heavy atom. The van der Waals surface area contributed by atoms with Crippen molar-refractivity contribution in [3.8, 4) is 0 Å². The van der Waals surface area contributed by atoms with Gasteiger partial charge < -0.3 is 10.2 Å². The van der Waals surface area contributed by atoms with Gasteiger partial charge in [0.05, 0.1) is 18.1 Å². The molecule has 94 valence electrons. The lowest BCUT2D eigenvalue weighted by atomic mass is 10.0. The molecule has 1 aliphatic rings. The van der Waals surface area contributed by atoms with E-state index < -0.39 is 0 Å². The van der Waals surface area contributed by atoms with E-state index in [1.54, 1.807) is 0 Å². The molecule has 1 saturated heterocycles. The van der Waals surface area contributed by atoms with Crippen LogP contribution in [0.15, 0.2) is 12.4 Å². The summed E-state index contributed by atoms with van der Waals surface area (Å²) in [6.07, 6.45) is 6.26. The topological polar surface area (TPSA) is 41.1 Å². The third kappa shape index (κ3) is 2.75. The highest BCUT2D eigenvalue weighted by Gasteiger charge is 2.32. The molecule has 1 aromatic heterocycles. The van der Waals surface area contributed by atoms with Crippen LogP contribution in [0.4, 0.5) is 5.82 Å². The molecule has 1 aromatic rings. The number of rotatable bonds is 4. The van der Waals surface area contributed by atoms with Crippen LogP contribution in [0, 0.1) is 0 Å². The summed E-state index contributed by atoms with van der Waals surface area (Å²) in [4.78, 5) is 11.4. The third-order valence-electron chi connectivity index (χ3n) is 3.43. The van der Waals surface area contributed by atoms with Crippen molar-refractivity contribution in [1.82, 2.24) is 15.3 Å². The average Bonchev–Trinajstić information content (AvgIpc) is 2.67. The number of nitrogens with one attached hydrogen (secondary N) is 1. The maximum atomic E-state index is 4.53. The van der Waals surface area contributed by atoms with E-state index >= 15 is 0 Å². The van der Waals surface area contributed by atoms with Crippen LogP contribution < -0.4 is 10.2 Å². The maximum Gasteiger partial charge on any atom is 0.147 e. The minimum atomic E-state index is 0.220. The lowest BCUT2D eigenvalue weighted by Crippen LogP contribution is -2.38. The normalized spacial score (nSPS) is 18.6. The monoisotopic (exact) mass is 234 g/mol. The maximum absolute atomic E-state index is 4.53. The first kappa shape index (κ1) is 12.3. The fourth-order valence-corrected chi connectivity index (χ4v) is 2.36. The summed E-state index contributed by atoms with van der Waals surface area (Å²) in [5.41, 5.74) is 1.23. The van der Waals surface area contributed by atoms with Gasteiger partial charge in [-0.25, -0.2) is 4.98 Å². The van der Waals surface area contributed by atoms with E-state index in [0.717, 1.165) is 31.1 Å². The quantitative estimate of drug-likeness (QED) is 0.864. The Labute approximate surface area is 103 Å². The molecule has 2 rings (SSSR count). The summed E-state index contributed by atoms with van der Waals surface area (Å²) >= 11 is 0. The van der Waals surface area contributed by atoms with Gasteiger partial charge in [0.25, 0.3) is 0 Å². The Hall–Kier alpha value is -1.16. The van der Waals surface area contributed by atoms with Crippen molar-refractivity contribution < 1.29 is 0 Å². The molecular formula is C13H22N4.